The largest absolute Gasteiger partial charge is 0.508 e. The second kappa shape index (κ2) is 14.7. The molecule has 0 aromatic heterocycles. The van der Waals surface area contributed by atoms with E-state index in [1.165, 1.54) is 35.2 Å². The van der Waals surface area contributed by atoms with Crippen LogP contribution in [0.1, 0.15) is 83.0 Å². The van der Waals surface area contributed by atoms with Crippen molar-refractivity contribution in [2.75, 3.05) is 50.7 Å². The van der Waals surface area contributed by atoms with Crippen LogP contribution in [0.3, 0.4) is 0 Å². The van der Waals surface area contributed by atoms with Crippen molar-refractivity contribution in [2.24, 2.45) is 11.8 Å². The minimum Gasteiger partial charge on any atom is -0.508 e. The van der Waals surface area contributed by atoms with Crippen LogP contribution in [-0.4, -0.2) is 89.4 Å². The van der Waals surface area contributed by atoms with E-state index >= 15 is 0 Å². The third-order valence-electron chi connectivity index (χ3n) is 13.2. The molecule has 3 aromatic rings. The third-order valence-corrected chi connectivity index (χ3v) is 13.2. The summed E-state index contributed by atoms with van der Waals surface area (Å²) in [5.41, 5.74) is 8.29. The topological polar surface area (TPSA) is 96.4 Å². The summed E-state index contributed by atoms with van der Waals surface area (Å²) in [6, 6.07) is 22.6. The Morgan fingerprint density at radius 3 is 2.35 bits per heavy atom. The number of nitrogens with zero attached hydrogens (tertiary/aromatic N) is 4. The van der Waals surface area contributed by atoms with Gasteiger partial charge in [0.05, 0.1) is 0 Å². The number of piperazine rings is 1. The van der Waals surface area contributed by atoms with Gasteiger partial charge in [0.25, 0.3) is 5.91 Å². The molecule has 0 radical (unpaired) electrons. The lowest BCUT2D eigenvalue weighted by Crippen LogP contribution is -2.52. The smallest absolute Gasteiger partial charge is 0.255 e. The van der Waals surface area contributed by atoms with Gasteiger partial charge in [0.15, 0.2) is 0 Å². The average Bonchev–Trinajstić information content (AvgIpc) is 3.53. The first-order chi connectivity index (χ1) is 26.4. The first kappa shape index (κ1) is 34.9. The molecular weight excluding hydrogens is 675 g/mol. The summed E-state index contributed by atoms with van der Waals surface area (Å²) >= 11 is 0. The van der Waals surface area contributed by atoms with Gasteiger partial charge in [-0.05, 0) is 121 Å². The van der Waals surface area contributed by atoms with E-state index in [9.17, 15) is 19.5 Å². The molecular formula is C45H51N5O4. The van der Waals surface area contributed by atoms with Crippen LogP contribution >= 0.6 is 0 Å². The van der Waals surface area contributed by atoms with Crippen LogP contribution < -0.4 is 10.2 Å². The minimum atomic E-state index is -0.583. The predicted octanol–water partition coefficient (Wildman–Crippen LogP) is 5.96. The Kier molecular flexibility index (Phi) is 9.51. The van der Waals surface area contributed by atoms with E-state index < -0.39 is 6.04 Å². The van der Waals surface area contributed by atoms with Gasteiger partial charge in [0.2, 0.25) is 11.8 Å². The number of nitrogens with one attached hydrogen (secondary N) is 1. The number of aromatic hydroxyl groups is 1. The molecule has 3 fully saturated rings. The molecule has 4 heterocycles. The fraction of sp³-hybridized carbons (Fsp3) is 0.444. The van der Waals surface area contributed by atoms with Gasteiger partial charge in [-0.2, -0.15) is 0 Å². The molecule has 4 aliphatic heterocycles. The minimum absolute atomic E-state index is 0.118. The standard InChI is InChI=1S/C45H51N5O4/c51-37-12-15-39-33(27-37)8-13-38(31-4-2-1-3-5-31)43(39)32-6-9-35(10-7-32)48-20-18-30(19-21-48)28-47-22-24-49(25-23-47)36-11-14-40-34(26-36)29-50(45(40)54)41-16-17-42(52)46-44(41)53/h1-6,9-12,14-15,26-27,30,32,38,41,43,51H,7-8,13,16-25,28-29H2,(H,46,52,53)/t32?,38-,41+,43+/m1/s1. The van der Waals surface area contributed by atoms with Crippen molar-refractivity contribution in [1.82, 2.24) is 20.0 Å². The van der Waals surface area contributed by atoms with Gasteiger partial charge in [-0.15, -0.1) is 0 Å². The number of phenolic OH excluding ortho intramolecular Hbond substituents is 1. The van der Waals surface area contributed by atoms with Gasteiger partial charge in [0, 0.05) is 75.7 Å². The molecule has 1 unspecified atom stereocenters. The van der Waals surface area contributed by atoms with Crippen molar-refractivity contribution in [3.05, 3.63) is 118 Å². The van der Waals surface area contributed by atoms with E-state index in [0.717, 1.165) is 76.3 Å². The quantitative estimate of drug-likeness (QED) is 0.291. The molecule has 3 aromatic carbocycles. The summed E-state index contributed by atoms with van der Waals surface area (Å²) < 4.78 is 0. The fourth-order valence-corrected chi connectivity index (χ4v) is 10.3. The maximum Gasteiger partial charge on any atom is 0.255 e. The zero-order valence-corrected chi connectivity index (χ0v) is 31.0. The van der Waals surface area contributed by atoms with Crippen LogP contribution in [0.2, 0.25) is 0 Å². The van der Waals surface area contributed by atoms with Crippen LogP contribution in [0.5, 0.6) is 5.75 Å². The molecule has 3 saturated heterocycles. The number of hydrogen-bond acceptors (Lipinski definition) is 7. The molecule has 2 aliphatic carbocycles. The molecule has 6 aliphatic rings. The Hall–Kier alpha value is -4.89. The number of rotatable bonds is 7. The molecule has 9 heteroatoms. The first-order valence-electron chi connectivity index (χ1n) is 20.1. The number of anilines is 1. The molecule has 0 saturated carbocycles. The lowest BCUT2D eigenvalue weighted by Gasteiger charge is -2.41. The molecule has 0 bridgehead atoms. The number of allylic oxidation sites excluding steroid dienone is 3. The monoisotopic (exact) mass is 725 g/mol. The number of imide groups is 1. The fourth-order valence-electron chi connectivity index (χ4n) is 10.3. The maximum atomic E-state index is 13.2. The summed E-state index contributed by atoms with van der Waals surface area (Å²) in [5, 5.41) is 12.6. The Labute approximate surface area is 318 Å². The predicted molar refractivity (Wildman–Crippen MR) is 209 cm³/mol. The molecule has 2 N–H and O–H groups in total. The number of phenols is 1. The van der Waals surface area contributed by atoms with E-state index in [4.69, 9.17) is 0 Å². The summed E-state index contributed by atoms with van der Waals surface area (Å²) in [4.78, 5) is 46.5. The summed E-state index contributed by atoms with van der Waals surface area (Å²) in [6.45, 7) is 7.74. The summed E-state index contributed by atoms with van der Waals surface area (Å²) in [5.74, 6) is 1.64. The van der Waals surface area contributed by atoms with Gasteiger partial charge >= 0.3 is 0 Å². The number of fused-ring (bicyclic) bond motifs is 2. The zero-order chi connectivity index (χ0) is 36.8. The Balaban J connectivity index is 0.761. The van der Waals surface area contributed by atoms with E-state index in [1.54, 1.807) is 4.90 Å². The molecule has 4 atom stereocenters. The van der Waals surface area contributed by atoms with Gasteiger partial charge in [-0.3, -0.25) is 24.6 Å². The van der Waals surface area contributed by atoms with Crippen LogP contribution in [0.15, 0.2) is 90.7 Å². The second-order valence-electron chi connectivity index (χ2n) is 16.3. The van der Waals surface area contributed by atoms with Gasteiger partial charge in [-0.1, -0.05) is 48.6 Å². The number of likely N-dealkylation sites (tertiary alicyclic amines) is 1. The maximum absolute atomic E-state index is 13.2. The van der Waals surface area contributed by atoms with Crippen molar-refractivity contribution in [1.29, 1.82) is 0 Å². The molecule has 280 valence electrons. The average molecular weight is 726 g/mol. The molecule has 9 rings (SSSR count). The number of carbonyl (C=O) groups is 3. The number of carbonyl (C=O) groups excluding carboxylic acids is 3. The van der Waals surface area contributed by atoms with Gasteiger partial charge < -0.3 is 19.8 Å². The Morgan fingerprint density at radius 2 is 1.59 bits per heavy atom. The van der Waals surface area contributed by atoms with E-state index in [1.807, 2.05) is 24.3 Å². The zero-order valence-electron chi connectivity index (χ0n) is 31.0. The van der Waals surface area contributed by atoms with Crippen LogP contribution in [0, 0.1) is 11.8 Å². The highest BCUT2D eigenvalue weighted by Gasteiger charge is 2.40. The third kappa shape index (κ3) is 6.83. The summed E-state index contributed by atoms with van der Waals surface area (Å²) in [7, 11) is 0. The van der Waals surface area contributed by atoms with Gasteiger partial charge in [-0.25, -0.2) is 0 Å². The number of benzene rings is 3. The van der Waals surface area contributed by atoms with E-state index in [0.29, 0.717) is 48.0 Å². The van der Waals surface area contributed by atoms with Crippen molar-refractivity contribution in [3.8, 4) is 5.75 Å². The van der Waals surface area contributed by atoms with Crippen molar-refractivity contribution >= 4 is 23.4 Å². The number of amides is 3. The van der Waals surface area contributed by atoms with Crippen molar-refractivity contribution in [2.45, 2.75) is 69.4 Å². The lowest BCUT2D eigenvalue weighted by molar-refractivity contribution is -0.136. The van der Waals surface area contributed by atoms with E-state index in [-0.39, 0.29) is 24.1 Å². The lowest BCUT2D eigenvalue weighted by atomic mass is 9.65. The summed E-state index contributed by atoms with van der Waals surface area (Å²) in [6.07, 6.45) is 13.6. The number of piperidine rings is 2. The molecule has 0 spiro atoms. The Bertz CT molecular complexity index is 1980. The molecule has 54 heavy (non-hydrogen) atoms. The molecule has 3 amide bonds. The SMILES string of the molecule is O=C1CC[C@H](N2Cc3cc(N4CCN(CC5CCN(C6=CCC([C@@H]7c8ccc(O)cc8CC[C@@H]7c7ccccc7)C=C6)CC5)CC4)ccc3C2=O)C(=O)N1. The van der Waals surface area contributed by atoms with E-state index in [2.05, 4.69) is 80.7 Å². The second-order valence-corrected chi connectivity index (χ2v) is 16.3. The van der Waals surface area contributed by atoms with Crippen molar-refractivity contribution in [3.63, 3.8) is 0 Å². The highest BCUT2D eigenvalue weighted by Crippen LogP contribution is 2.49. The molecule has 9 nitrogen and oxygen atoms in total. The van der Waals surface area contributed by atoms with Crippen LogP contribution in [0.25, 0.3) is 0 Å². The van der Waals surface area contributed by atoms with Crippen LogP contribution in [0.4, 0.5) is 5.69 Å². The van der Waals surface area contributed by atoms with Crippen LogP contribution in [-0.2, 0) is 22.6 Å². The normalized spacial score (nSPS) is 26.4. The number of aryl methyl sites for hydroxylation is 1. The van der Waals surface area contributed by atoms with Gasteiger partial charge in [0.1, 0.15) is 11.8 Å². The first-order valence-corrected chi connectivity index (χ1v) is 20.1. The highest BCUT2D eigenvalue weighted by atomic mass is 16.3. The number of hydrogen-bond donors (Lipinski definition) is 2. The van der Waals surface area contributed by atoms with Crippen molar-refractivity contribution < 1.29 is 19.5 Å². The highest BCUT2D eigenvalue weighted by molar-refractivity contribution is 6.05. The Morgan fingerprint density at radius 1 is 0.778 bits per heavy atom.